The van der Waals surface area contributed by atoms with Crippen molar-refractivity contribution >= 4 is 17.6 Å². The van der Waals surface area contributed by atoms with Gasteiger partial charge in [-0.2, -0.15) is 0 Å². The van der Waals surface area contributed by atoms with Gasteiger partial charge in [-0.25, -0.2) is 4.79 Å². The number of pyridine rings is 1. The van der Waals surface area contributed by atoms with Crippen LogP contribution in [0.2, 0.25) is 0 Å². The first-order chi connectivity index (χ1) is 15.3. The van der Waals surface area contributed by atoms with Crippen LogP contribution < -0.4 is 10.6 Å². The number of nitrogens with zero attached hydrogens (tertiary/aromatic N) is 2. The molecule has 1 amide bonds. The predicted molar refractivity (Wildman–Crippen MR) is 129 cm³/mol. The third kappa shape index (κ3) is 5.71. The number of aliphatic carboxylic acids is 1. The maximum atomic E-state index is 12.4. The fourth-order valence-electron chi connectivity index (χ4n) is 4.24. The van der Waals surface area contributed by atoms with Gasteiger partial charge in [0, 0.05) is 41.7 Å². The Kier molecular flexibility index (Phi) is 6.84. The SMILES string of the molecule is Cc1ncc(-c2cccc(C(N)=O)c2)c(N2CCC(C)(C)CC2)c1[C@H](OC(C)(C)C)C(=O)O. The molecule has 1 atom stereocenters. The molecule has 1 aromatic carbocycles. The Labute approximate surface area is 196 Å². The van der Waals surface area contributed by atoms with E-state index in [4.69, 9.17) is 10.5 Å². The van der Waals surface area contributed by atoms with Crippen molar-refractivity contribution in [3.8, 4) is 11.1 Å². The molecule has 1 aromatic heterocycles. The molecule has 178 valence electrons. The number of aryl methyl sites for hydroxylation is 1. The quantitative estimate of drug-likeness (QED) is 0.655. The molecule has 0 radical (unpaired) electrons. The molecular formula is C26H35N3O4. The Morgan fingerprint density at radius 2 is 1.85 bits per heavy atom. The van der Waals surface area contributed by atoms with Gasteiger partial charge in [0.25, 0.3) is 0 Å². The molecule has 3 N–H and O–H groups in total. The summed E-state index contributed by atoms with van der Waals surface area (Å²) in [5.41, 5.74) is 8.96. The molecule has 0 unspecified atom stereocenters. The molecule has 0 bridgehead atoms. The van der Waals surface area contributed by atoms with Gasteiger partial charge in [-0.3, -0.25) is 9.78 Å². The van der Waals surface area contributed by atoms with Crippen LogP contribution in [0.5, 0.6) is 0 Å². The van der Waals surface area contributed by atoms with Crippen LogP contribution in [0.3, 0.4) is 0 Å². The molecule has 1 fully saturated rings. The Bertz CT molecular complexity index is 1050. The minimum Gasteiger partial charge on any atom is -0.479 e. The lowest BCUT2D eigenvalue weighted by molar-refractivity contribution is -0.160. The average Bonchev–Trinajstić information content (AvgIpc) is 2.71. The summed E-state index contributed by atoms with van der Waals surface area (Å²) in [5.74, 6) is -1.57. The van der Waals surface area contributed by atoms with Crippen LogP contribution in [0.1, 0.15) is 75.2 Å². The predicted octanol–water partition coefficient (Wildman–Crippen LogP) is 4.72. The normalized spacial score (nSPS) is 17.0. The standard InChI is InChI=1S/C26H35N3O4/c1-16-20(22(24(31)32)33-25(2,3)4)21(29-12-10-26(5,6)11-13-29)19(15-28-16)17-8-7-9-18(14-17)23(27)30/h7-9,14-15,22H,10-13H2,1-6H3,(H2,27,30)(H,31,32)/t22-/m0/s1. The molecule has 7 nitrogen and oxygen atoms in total. The Morgan fingerprint density at radius 3 is 2.39 bits per heavy atom. The van der Waals surface area contributed by atoms with Crippen molar-refractivity contribution in [3.63, 3.8) is 0 Å². The summed E-state index contributed by atoms with van der Waals surface area (Å²) in [6.07, 6.45) is 2.53. The molecule has 3 rings (SSSR count). The van der Waals surface area contributed by atoms with Gasteiger partial charge < -0.3 is 20.5 Å². The number of carbonyl (C=O) groups excluding carboxylic acids is 1. The number of amides is 1. The highest BCUT2D eigenvalue weighted by molar-refractivity contribution is 5.95. The highest BCUT2D eigenvalue weighted by Gasteiger charge is 2.35. The lowest BCUT2D eigenvalue weighted by Gasteiger charge is -2.41. The molecule has 0 saturated carbocycles. The zero-order chi connectivity index (χ0) is 24.6. The second-order valence-corrected chi connectivity index (χ2v) is 10.6. The van der Waals surface area contributed by atoms with Gasteiger partial charge in [0.2, 0.25) is 5.91 Å². The summed E-state index contributed by atoms with van der Waals surface area (Å²) in [7, 11) is 0. The first-order valence-electron chi connectivity index (χ1n) is 11.3. The van der Waals surface area contributed by atoms with E-state index in [0.29, 0.717) is 16.8 Å². The highest BCUT2D eigenvalue weighted by atomic mass is 16.5. The molecular weight excluding hydrogens is 418 g/mol. The van der Waals surface area contributed by atoms with Crippen molar-refractivity contribution in [3.05, 3.63) is 47.3 Å². The van der Waals surface area contributed by atoms with E-state index in [1.54, 1.807) is 24.4 Å². The molecule has 0 spiro atoms. The third-order valence-corrected chi connectivity index (χ3v) is 6.14. The van der Waals surface area contributed by atoms with Crippen LogP contribution in [0.15, 0.2) is 30.5 Å². The molecule has 2 heterocycles. The maximum absolute atomic E-state index is 12.4. The summed E-state index contributed by atoms with van der Waals surface area (Å²) in [6.45, 7) is 13.4. The molecule has 1 aliphatic rings. The second kappa shape index (κ2) is 9.14. The van der Waals surface area contributed by atoms with E-state index < -0.39 is 23.6 Å². The third-order valence-electron chi connectivity index (χ3n) is 6.14. The number of carboxylic acid groups (broad SMARTS) is 1. The number of carboxylic acids is 1. The zero-order valence-electron chi connectivity index (χ0n) is 20.4. The summed E-state index contributed by atoms with van der Waals surface area (Å²) in [4.78, 5) is 31.0. The number of benzene rings is 1. The monoisotopic (exact) mass is 453 g/mol. The Hall–Kier alpha value is -2.93. The van der Waals surface area contributed by atoms with E-state index in [0.717, 1.165) is 42.7 Å². The number of hydrogen-bond acceptors (Lipinski definition) is 5. The van der Waals surface area contributed by atoms with Crippen molar-refractivity contribution < 1.29 is 19.4 Å². The number of piperidine rings is 1. The first kappa shape index (κ1) is 24.7. The van der Waals surface area contributed by atoms with Gasteiger partial charge in [0.15, 0.2) is 6.10 Å². The number of primary amides is 1. The maximum Gasteiger partial charge on any atom is 0.337 e. The van der Waals surface area contributed by atoms with E-state index in [1.165, 1.54) is 0 Å². The first-order valence-corrected chi connectivity index (χ1v) is 11.3. The molecule has 33 heavy (non-hydrogen) atoms. The summed E-state index contributed by atoms with van der Waals surface area (Å²) in [6, 6.07) is 7.06. The van der Waals surface area contributed by atoms with Gasteiger partial charge in [-0.1, -0.05) is 26.0 Å². The number of hydrogen-bond donors (Lipinski definition) is 2. The largest absolute Gasteiger partial charge is 0.479 e. The number of rotatable bonds is 6. The minimum atomic E-state index is -1.18. The lowest BCUT2D eigenvalue weighted by Crippen LogP contribution is -2.39. The van der Waals surface area contributed by atoms with Crippen LogP contribution >= 0.6 is 0 Å². The summed E-state index contributed by atoms with van der Waals surface area (Å²) < 4.78 is 6.05. The molecule has 7 heteroatoms. The summed E-state index contributed by atoms with van der Waals surface area (Å²) >= 11 is 0. The second-order valence-electron chi connectivity index (χ2n) is 10.6. The molecule has 0 aliphatic carbocycles. The van der Waals surface area contributed by atoms with Crippen LogP contribution in [0, 0.1) is 12.3 Å². The van der Waals surface area contributed by atoms with Gasteiger partial charge >= 0.3 is 5.97 Å². The van der Waals surface area contributed by atoms with E-state index in [1.807, 2.05) is 33.8 Å². The van der Waals surface area contributed by atoms with Crippen LogP contribution in [0.4, 0.5) is 5.69 Å². The Morgan fingerprint density at radius 1 is 1.21 bits per heavy atom. The van der Waals surface area contributed by atoms with Crippen molar-refractivity contribution in [2.45, 2.75) is 66.1 Å². The number of anilines is 1. The Balaban J connectivity index is 2.26. The van der Waals surface area contributed by atoms with Crippen molar-refractivity contribution in [2.24, 2.45) is 11.1 Å². The van der Waals surface area contributed by atoms with Crippen molar-refractivity contribution in [2.75, 3.05) is 18.0 Å². The number of ether oxygens (including phenoxy) is 1. The van der Waals surface area contributed by atoms with Crippen LogP contribution in [0.25, 0.3) is 11.1 Å². The number of aromatic nitrogens is 1. The van der Waals surface area contributed by atoms with E-state index in [9.17, 15) is 14.7 Å². The van der Waals surface area contributed by atoms with Gasteiger partial charge in [-0.15, -0.1) is 0 Å². The van der Waals surface area contributed by atoms with Crippen molar-refractivity contribution in [1.82, 2.24) is 4.98 Å². The van der Waals surface area contributed by atoms with Gasteiger partial charge in [-0.05, 0) is 63.6 Å². The van der Waals surface area contributed by atoms with Crippen LogP contribution in [-0.2, 0) is 9.53 Å². The van der Waals surface area contributed by atoms with Crippen LogP contribution in [-0.4, -0.2) is 40.7 Å². The zero-order valence-corrected chi connectivity index (χ0v) is 20.4. The fraction of sp³-hybridized carbons (Fsp3) is 0.500. The fourth-order valence-corrected chi connectivity index (χ4v) is 4.24. The van der Waals surface area contributed by atoms with Gasteiger partial charge in [0.05, 0.1) is 11.3 Å². The summed E-state index contributed by atoms with van der Waals surface area (Å²) in [5, 5.41) is 10.2. The number of nitrogens with two attached hydrogens (primary N) is 1. The average molecular weight is 454 g/mol. The van der Waals surface area contributed by atoms with E-state index >= 15 is 0 Å². The molecule has 2 aromatic rings. The smallest absolute Gasteiger partial charge is 0.337 e. The van der Waals surface area contributed by atoms with Crippen molar-refractivity contribution in [1.29, 1.82) is 0 Å². The van der Waals surface area contributed by atoms with Gasteiger partial charge in [0.1, 0.15) is 0 Å². The van der Waals surface area contributed by atoms with E-state index in [-0.39, 0.29) is 5.41 Å². The molecule has 1 saturated heterocycles. The lowest BCUT2D eigenvalue weighted by atomic mass is 9.82. The number of carbonyl (C=O) groups is 2. The molecule has 1 aliphatic heterocycles. The minimum absolute atomic E-state index is 0.221. The van der Waals surface area contributed by atoms with E-state index in [2.05, 4.69) is 23.7 Å². The topological polar surface area (TPSA) is 106 Å². The highest BCUT2D eigenvalue weighted by Crippen LogP contribution is 2.43.